The molecule has 1 amide bonds. The molecule has 0 radical (unpaired) electrons. The second-order valence-electron chi connectivity index (χ2n) is 4.18. The van der Waals surface area contributed by atoms with Crippen LogP contribution in [0.1, 0.15) is 22.8 Å². The topological polar surface area (TPSA) is 90.6 Å². The highest BCUT2D eigenvalue weighted by atomic mass is 16.5. The number of nitrogens with zero attached hydrogens (tertiary/aromatic N) is 2. The Bertz CT molecular complexity index is 576. The minimum Gasteiger partial charge on any atom is -0.491 e. The molecule has 98 valence electrons. The Kier molecular flexibility index (Phi) is 3.38. The van der Waals surface area contributed by atoms with Gasteiger partial charge >= 0.3 is 5.97 Å². The van der Waals surface area contributed by atoms with Crippen LogP contribution < -0.4 is 4.74 Å². The molecule has 6 heteroatoms. The molecule has 0 saturated heterocycles. The van der Waals surface area contributed by atoms with Gasteiger partial charge in [-0.25, -0.2) is 4.79 Å². The summed E-state index contributed by atoms with van der Waals surface area (Å²) in [4.78, 5) is 24.5. The molecule has 1 aliphatic rings. The van der Waals surface area contributed by atoms with Crippen LogP contribution in [0.4, 0.5) is 0 Å². The van der Waals surface area contributed by atoms with E-state index in [0.29, 0.717) is 11.3 Å². The molecule has 0 spiro atoms. The lowest BCUT2D eigenvalue weighted by molar-refractivity contribution is -0.141. The Labute approximate surface area is 109 Å². The van der Waals surface area contributed by atoms with Gasteiger partial charge in [0.25, 0.3) is 5.91 Å². The van der Waals surface area contributed by atoms with Crippen molar-refractivity contribution in [1.29, 1.82) is 5.26 Å². The summed E-state index contributed by atoms with van der Waals surface area (Å²) < 4.78 is 5.41. The first-order valence-corrected chi connectivity index (χ1v) is 5.75. The van der Waals surface area contributed by atoms with E-state index in [4.69, 9.17) is 15.1 Å². The maximum absolute atomic E-state index is 12.3. The van der Waals surface area contributed by atoms with Gasteiger partial charge in [0.05, 0.1) is 23.7 Å². The van der Waals surface area contributed by atoms with E-state index >= 15 is 0 Å². The van der Waals surface area contributed by atoms with Crippen molar-refractivity contribution in [3.05, 3.63) is 29.3 Å². The van der Waals surface area contributed by atoms with Crippen molar-refractivity contribution in [2.45, 2.75) is 13.0 Å². The fourth-order valence-electron chi connectivity index (χ4n) is 1.90. The first kappa shape index (κ1) is 12.9. The summed E-state index contributed by atoms with van der Waals surface area (Å²) in [7, 11) is 0. The highest BCUT2D eigenvalue weighted by Gasteiger charge is 2.30. The third-order valence-electron chi connectivity index (χ3n) is 3.02. The van der Waals surface area contributed by atoms with Gasteiger partial charge in [0.15, 0.2) is 0 Å². The van der Waals surface area contributed by atoms with Crippen LogP contribution in [0.25, 0.3) is 0 Å². The van der Waals surface area contributed by atoms with E-state index in [1.165, 1.54) is 30.0 Å². The molecule has 0 bridgehead atoms. The van der Waals surface area contributed by atoms with Gasteiger partial charge in [0.2, 0.25) is 0 Å². The number of carbonyl (C=O) groups is 2. The third kappa shape index (κ3) is 2.36. The number of aliphatic carboxylic acids is 1. The molecule has 19 heavy (non-hydrogen) atoms. The van der Waals surface area contributed by atoms with E-state index in [1.54, 1.807) is 0 Å². The van der Waals surface area contributed by atoms with Crippen LogP contribution in [0.3, 0.4) is 0 Å². The summed E-state index contributed by atoms with van der Waals surface area (Å²) in [5.41, 5.74) is 0.677. The molecular weight excluding hydrogens is 248 g/mol. The van der Waals surface area contributed by atoms with Gasteiger partial charge < -0.3 is 14.7 Å². The Morgan fingerprint density at radius 3 is 2.95 bits per heavy atom. The summed E-state index contributed by atoms with van der Waals surface area (Å²) in [5.74, 6) is -1.14. The van der Waals surface area contributed by atoms with E-state index < -0.39 is 17.9 Å². The average molecular weight is 260 g/mol. The second-order valence-corrected chi connectivity index (χ2v) is 4.18. The summed E-state index contributed by atoms with van der Waals surface area (Å²) in [5, 5.41) is 17.8. The number of amides is 1. The Balaban J connectivity index is 2.40. The van der Waals surface area contributed by atoms with Crippen molar-refractivity contribution in [2.75, 3.05) is 13.2 Å². The Hall–Kier alpha value is -2.55. The van der Waals surface area contributed by atoms with Gasteiger partial charge in [-0.05, 0) is 25.1 Å². The number of fused-ring (bicyclic) bond motifs is 1. The Morgan fingerprint density at radius 2 is 2.32 bits per heavy atom. The molecule has 1 aromatic carbocycles. The smallest absolute Gasteiger partial charge is 0.326 e. The molecule has 2 rings (SSSR count). The summed E-state index contributed by atoms with van der Waals surface area (Å²) in [6, 6.07) is 5.53. The minimum absolute atomic E-state index is 0.197. The Morgan fingerprint density at radius 1 is 1.58 bits per heavy atom. The largest absolute Gasteiger partial charge is 0.491 e. The molecule has 0 aromatic heterocycles. The number of nitriles is 1. The predicted octanol–water partition coefficient (Wildman–Crippen LogP) is 0.866. The van der Waals surface area contributed by atoms with Crippen molar-refractivity contribution in [3.8, 4) is 11.8 Å². The van der Waals surface area contributed by atoms with E-state index in [1.807, 2.05) is 6.07 Å². The molecular formula is C13H12N2O4. The zero-order valence-corrected chi connectivity index (χ0v) is 10.3. The minimum atomic E-state index is -1.06. The number of carbonyl (C=O) groups excluding carboxylic acids is 1. The van der Waals surface area contributed by atoms with Crippen molar-refractivity contribution in [2.24, 2.45) is 0 Å². The van der Waals surface area contributed by atoms with Crippen molar-refractivity contribution in [3.63, 3.8) is 0 Å². The maximum atomic E-state index is 12.3. The number of hydrogen-bond donors (Lipinski definition) is 1. The van der Waals surface area contributed by atoms with E-state index in [9.17, 15) is 9.59 Å². The number of hydrogen-bond acceptors (Lipinski definition) is 4. The number of carboxylic acids is 1. The van der Waals surface area contributed by atoms with Crippen LogP contribution in [-0.4, -0.2) is 41.1 Å². The van der Waals surface area contributed by atoms with E-state index in [2.05, 4.69) is 0 Å². The molecule has 0 aliphatic carbocycles. The zero-order chi connectivity index (χ0) is 14.0. The average Bonchev–Trinajstić information content (AvgIpc) is 2.57. The third-order valence-corrected chi connectivity index (χ3v) is 3.02. The number of rotatable bonds is 2. The lowest BCUT2D eigenvalue weighted by Gasteiger charge is -2.23. The number of ether oxygens (including phenoxy) is 1. The van der Waals surface area contributed by atoms with Crippen LogP contribution in [0, 0.1) is 11.3 Å². The zero-order valence-electron chi connectivity index (χ0n) is 10.3. The van der Waals surface area contributed by atoms with Crippen LogP contribution in [0.2, 0.25) is 0 Å². The van der Waals surface area contributed by atoms with Gasteiger partial charge in [-0.15, -0.1) is 0 Å². The highest BCUT2D eigenvalue weighted by Crippen LogP contribution is 2.25. The fraction of sp³-hybridized carbons (Fsp3) is 0.308. The molecule has 1 aliphatic heterocycles. The first-order chi connectivity index (χ1) is 9.04. The first-order valence-electron chi connectivity index (χ1n) is 5.75. The van der Waals surface area contributed by atoms with Gasteiger partial charge in [0, 0.05) is 0 Å². The van der Waals surface area contributed by atoms with E-state index in [0.717, 1.165) is 0 Å². The van der Waals surface area contributed by atoms with Gasteiger partial charge in [-0.2, -0.15) is 5.26 Å². The highest BCUT2D eigenvalue weighted by molar-refractivity contribution is 5.99. The van der Waals surface area contributed by atoms with Crippen LogP contribution in [-0.2, 0) is 4.79 Å². The number of carboxylic acid groups (broad SMARTS) is 1. The van der Waals surface area contributed by atoms with Crippen LogP contribution >= 0.6 is 0 Å². The van der Waals surface area contributed by atoms with Gasteiger partial charge in [-0.1, -0.05) is 0 Å². The van der Waals surface area contributed by atoms with E-state index in [-0.39, 0.29) is 18.7 Å². The molecule has 1 N–H and O–H groups in total. The predicted molar refractivity (Wildman–Crippen MR) is 64.8 cm³/mol. The summed E-state index contributed by atoms with van der Waals surface area (Å²) in [6.07, 6.45) is 0. The summed E-state index contributed by atoms with van der Waals surface area (Å²) in [6.45, 7) is 1.85. The molecule has 1 unspecified atom stereocenters. The van der Waals surface area contributed by atoms with Crippen LogP contribution in [0.15, 0.2) is 18.2 Å². The maximum Gasteiger partial charge on any atom is 0.326 e. The fourth-order valence-corrected chi connectivity index (χ4v) is 1.90. The second kappa shape index (κ2) is 4.98. The quantitative estimate of drug-likeness (QED) is 0.851. The lowest BCUT2D eigenvalue weighted by Crippen LogP contribution is -2.44. The molecule has 6 nitrogen and oxygen atoms in total. The molecule has 0 fully saturated rings. The molecule has 1 aromatic rings. The van der Waals surface area contributed by atoms with Crippen molar-refractivity contribution >= 4 is 11.9 Å². The van der Waals surface area contributed by atoms with Gasteiger partial charge in [0.1, 0.15) is 18.4 Å². The molecule has 0 saturated carbocycles. The molecule has 1 heterocycles. The molecule has 1 atom stereocenters. The SMILES string of the molecule is CC(C(=O)O)N1CCOc2cc(C#N)ccc2C1=O. The monoisotopic (exact) mass is 260 g/mol. The lowest BCUT2D eigenvalue weighted by atomic mass is 10.1. The summed E-state index contributed by atoms with van der Waals surface area (Å²) >= 11 is 0. The number of benzene rings is 1. The standard InChI is InChI=1S/C13H12N2O4/c1-8(13(17)18)15-4-5-19-11-6-9(7-14)2-3-10(11)12(15)16/h2-3,6,8H,4-5H2,1H3,(H,17,18). The van der Waals surface area contributed by atoms with Crippen LogP contribution in [0.5, 0.6) is 5.75 Å². The van der Waals surface area contributed by atoms with Gasteiger partial charge in [-0.3, -0.25) is 4.79 Å². The van der Waals surface area contributed by atoms with Crippen molar-refractivity contribution < 1.29 is 19.4 Å². The van der Waals surface area contributed by atoms with Crippen molar-refractivity contribution in [1.82, 2.24) is 4.90 Å². The normalized spacial score (nSPS) is 15.8.